The molecule has 1 saturated heterocycles. The number of nitrogens with zero attached hydrogens (tertiary/aromatic N) is 5. The number of hydrogen-bond acceptors (Lipinski definition) is 6. The van der Waals surface area contributed by atoms with Gasteiger partial charge in [0.1, 0.15) is 0 Å². The Hall–Kier alpha value is -1.22. The highest BCUT2D eigenvalue weighted by molar-refractivity contribution is 7.99. The van der Waals surface area contributed by atoms with E-state index in [9.17, 15) is 9.59 Å². The molecule has 0 saturated carbocycles. The first-order valence-corrected chi connectivity index (χ1v) is 10.3. The van der Waals surface area contributed by atoms with Crippen molar-refractivity contribution in [3.8, 4) is 0 Å². The van der Waals surface area contributed by atoms with Crippen LogP contribution in [0.4, 0.5) is 4.79 Å². The predicted molar refractivity (Wildman–Crippen MR) is 97.7 cm³/mol. The van der Waals surface area contributed by atoms with Crippen LogP contribution in [0.1, 0.15) is 25.6 Å². The Kier molecular flexibility index (Phi) is 6.97. The molecule has 0 radical (unpaired) electrons. The molecule has 9 heteroatoms. The maximum atomic E-state index is 12.3. The Morgan fingerprint density at radius 1 is 1.29 bits per heavy atom. The number of carbonyl (C=O) groups is 2. The highest BCUT2D eigenvalue weighted by atomic mass is 32.2. The third kappa shape index (κ3) is 4.89. The molecule has 24 heavy (non-hydrogen) atoms. The summed E-state index contributed by atoms with van der Waals surface area (Å²) in [6.45, 7) is 3.77. The lowest BCUT2D eigenvalue weighted by Crippen LogP contribution is -2.30. The topological polar surface area (TPSA) is 71.3 Å². The molecule has 0 aliphatic carbocycles. The molecule has 1 atom stereocenters. The molecule has 2 heterocycles. The van der Waals surface area contributed by atoms with Gasteiger partial charge in [-0.15, -0.1) is 5.10 Å². The van der Waals surface area contributed by atoms with Crippen molar-refractivity contribution in [3.05, 3.63) is 5.82 Å². The molecule has 1 unspecified atom stereocenters. The number of rotatable bonds is 6. The van der Waals surface area contributed by atoms with Crippen molar-refractivity contribution in [2.45, 2.75) is 36.6 Å². The fourth-order valence-corrected chi connectivity index (χ4v) is 3.52. The summed E-state index contributed by atoms with van der Waals surface area (Å²) in [5, 5.41) is 5.21. The van der Waals surface area contributed by atoms with Crippen molar-refractivity contribution in [1.29, 1.82) is 0 Å². The largest absolute Gasteiger partial charge is 0.346 e. The van der Waals surface area contributed by atoms with E-state index in [4.69, 9.17) is 0 Å². The first-order chi connectivity index (χ1) is 11.4. The van der Waals surface area contributed by atoms with E-state index < -0.39 is 0 Å². The Balaban J connectivity index is 2.10. The van der Waals surface area contributed by atoms with Crippen molar-refractivity contribution in [3.63, 3.8) is 0 Å². The van der Waals surface area contributed by atoms with Crippen LogP contribution in [0, 0.1) is 0 Å². The van der Waals surface area contributed by atoms with Gasteiger partial charge in [-0.1, -0.05) is 18.7 Å². The molecule has 2 rings (SSSR count). The van der Waals surface area contributed by atoms with Gasteiger partial charge in [-0.3, -0.25) is 4.79 Å². The van der Waals surface area contributed by atoms with E-state index in [1.54, 1.807) is 25.9 Å². The predicted octanol–water partition coefficient (Wildman–Crippen LogP) is 1.82. The van der Waals surface area contributed by atoms with E-state index in [-0.39, 0.29) is 17.7 Å². The second-order valence-electron chi connectivity index (χ2n) is 6.03. The smallest absolute Gasteiger partial charge is 0.342 e. The van der Waals surface area contributed by atoms with Gasteiger partial charge in [0.2, 0.25) is 5.91 Å². The summed E-state index contributed by atoms with van der Waals surface area (Å²) < 4.78 is 1.31. The molecule has 134 valence electrons. The minimum Gasteiger partial charge on any atom is -0.342 e. The molecule has 7 nitrogen and oxygen atoms in total. The minimum atomic E-state index is -0.248. The van der Waals surface area contributed by atoms with Gasteiger partial charge in [0.15, 0.2) is 11.0 Å². The zero-order chi connectivity index (χ0) is 17.7. The van der Waals surface area contributed by atoms with Gasteiger partial charge < -0.3 is 9.80 Å². The highest BCUT2D eigenvalue weighted by Crippen LogP contribution is 2.20. The van der Waals surface area contributed by atoms with Gasteiger partial charge >= 0.3 is 6.03 Å². The van der Waals surface area contributed by atoms with E-state index in [1.165, 1.54) is 21.3 Å². The van der Waals surface area contributed by atoms with E-state index >= 15 is 0 Å². The number of carbonyl (C=O) groups excluding carboxylic acids is 2. The van der Waals surface area contributed by atoms with Gasteiger partial charge in [-0.05, 0) is 19.1 Å². The van der Waals surface area contributed by atoms with E-state index in [0.29, 0.717) is 22.7 Å². The minimum absolute atomic E-state index is 0.100. The van der Waals surface area contributed by atoms with E-state index in [0.717, 1.165) is 25.9 Å². The summed E-state index contributed by atoms with van der Waals surface area (Å²) in [7, 11) is 3.36. The number of aromatic nitrogens is 3. The summed E-state index contributed by atoms with van der Waals surface area (Å²) in [6.07, 6.45) is 4.88. The molecule has 0 aromatic carbocycles. The van der Waals surface area contributed by atoms with Gasteiger partial charge in [0, 0.05) is 38.9 Å². The Bertz CT molecular complexity index is 584. The second kappa shape index (κ2) is 8.75. The normalized spacial score (nSPS) is 15.6. The lowest BCUT2D eigenvalue weighted by Gasteiger charge is -2.15. The Morgan fingerprint density at radius 2 is 1.96 bits per heavy atom. The van der Waals surface area contributed by atoms with E-state index in [1.807, 2.05) is 11.2 Å². The number of amides is 2. The van der Waals surface area contributed by atoms with Crippen LogP contribution in [-0.2, 0) is 11.2 Å². The summed E-state index contributed by atoms with van der Waals surface area (Å²) >= 11 is 3.02. The third-order valence-electron chi connectivity index (χ3n) is 3.84. The SMILES string of the molecule is CSC(C)Cc1nc(SCC(=O)N2CCCC2)n(C(=O)N(C)C)n1. The summed E-state index contributed by atoms with van der Waals surface area (Å²) in [5.41, 5.74) is 0. The van der Waals surface area contributed by atoms with Crippen LogP contribution >= 0.6 is 23.5 Å². The quantitative estimate of drug-likeness (QED) is 0.710. The number of likely N-dealkylation sites (tertiary alicyclic amines) is 1. The molecule has 1 aliphatic heterocycles. The molecule has 2 amide bonds. The molecular formula is C15H25N5O2S2. The number of hydrogen-bond donors (Lipinski definition) is 0. The van der Waals surface area contributed by atoms with Crippen molar-refractivity contribution < 1.29 is 9.59 Å². The van der Waals surface area contributed by atoms with Crippen molar-refractivity contribution in [2.24, 2.45) is 0 Å². The van der Waals surface area contributed by atoms with Crippen LogP contribution < -0.4 is 0 Å². The maximum absolute atomic E-state index is 12.3. The average Bonchev–Trinajstić information content (AvgIpc) is 3.21. The number of thioether (sulfide) groups is 2. The average molecular weight is 372 g/mol. The van der Waals surface area contributed by atoms with Gasteiger partial charge in [-0.25, -0.2) is 9.78 Å². The third-order valence-corrected chi connectivity index (χ3v) is 5.73. The summed E-state index contributed by atoms with van der Waals surface area (Å²) in [6, 6.07) is -0.248. The Labute approximate surface area is 151 Å². The fraction of sp³-hybridized carbons (Fsp3) is 0.733. The summed E-state index contributed by atoms with van der Waals surface area (Å²) in [5.74, 6) is 1.03. The van der Waals surface area contributed by atoms with Crippen LogP contribution in [-0.4, -0.2) is 80.9 Å². The molecule has 0 bridgehead atoms. The van der Waals surface area contributed by atoms with Crippen molar-refractivity contribution >= 4 is 35.5 Å². The fourth-order valence-electron chi connectivity index (χ4n) is 2.36. The summed E-state index contributed by atoms with van der Waals surface area (Å²) in [4.78, 5) is 32.3. The molecule has 1 aromatic heterocycles. The molecule has 0 N–H and O–H groups in total. The second-order valence-corrected chi connectivity index (χ2v) is 8.25. The molecule has 0 spiro atoms. The van der Waals surface area contributed by atoms with Crippen LogP contribution in [0.25, 0.3) is 0 Å². The van der Waals surface area contributed by atoms with Crippen LogP contribution in [0.2, 0.25) is 0 Å². The zero-order valence-electron chi connectivity index (χ0n) is 14.7. The standard InChI is InChI=1S/C15H25N5O2S2/c1-11(23-4)9-12-16-14(20(17-12)15(22)18(2)3)24-10-13(21)19-7-5-6-8-19/h11H,5-10H2,1-4H3. The van der Waals surface area contributed by atoms with Crippen molar-refractivity contribution in [1.82, 2.24) is 24.6 Å². The van der Waals surface area contributed by atoms with E-state index in [2.05, 4.69) is 17.0 Å². The lowest BCUT2D eigenvalue weighted by atomic mass is 10.3. The molecule has 1 aromatic rings. The highest BCUT2D eigenvalue weighted by Gasteiger charge is 2.22. The van der Waals surface area contributed by atoms with Crippen LogP contribution in [0.15, 0.2) is 5.16 Å². The molecule has 1 aliphatic rings. The van der Waals surface area contributed by atoms with Crippen molar-refractivity contribution in [2.75, 3.05) is 39.2 Å². The van der Waals surface area contributed by atoms with Crippen LogP contribution in [0.5, 0.6) is 0 Å². The maximum Gasteiger partial charge on any atom is 0.346 e. The first-order valence-electron chi connectivity index (χ1n) is 8.03. The van der Waals surface area contributed by atoms with Gasteiger partial charge in [-0.2, -0.15) is 16.4 Å². The Morgan fingerprint density at radius 3 is 2.54 bits per heavy atom. The zero-order valence-corrected chi connectivity index (χ0v) is 16.3. The van der Waals surface area contributed by atoms with Gasteiger partial charge in [0.25, 0.3) is 0 Å². The van der Waals surface area contributed by atoms with Gasteiger partial charge in [0.05, 0.1) is 5.75 Å². The first kappa shape index (κ1) is 19.1. The lowest BCUT2D eigenvalue weighted by molar-refractivity contribution is -0.127. The van der Waals surface area contributed by atoms with Crippen LogP contribution in [0.3, 0.4) is 0 Å². The molecular weight excluding hydrogens is 346 g/mol. The monoisotopic (exact) mass is 371 g/mol. The molecule has 1 fully saturated rings.